The summed E-state index contributed by atoms with van der Waals surface area (Å²) in [7, 11) is -2.11. The largest absolute Gasteiger partial charge is 0.347 e. The zero-order valence-corrected chi connectivity index (χ0v) is 10.3. The Bertz CT molecular complexity index is 545. The minimum absolute atomic E-state index is 0.100. The highest BCUT2D eigenvalue weighted by Gasteiger charge is 2.14. The van der Waals surface area contributed by atoms with Gasteiger partial charge >= 0.3 is 9.24 Å². The van der Waals surface area contributed by atoms with E-state index in [4.69, 9.17) is 10.7 Å². The molecule has 0 aliphatic rings. The molecule has 0 spiro atoms. The van der Waals surface area contributed by atoms with Crippen molar-refractivity contribution in [1.29, 1.82) is 0 Å². The van der Waals surface area contributed by atoms with Crippen LogP contribution in [-0.4, -0.2) is 18.4 Å². The normalized spacial score (nSPS) is 15.6. The Hall–Kier alpha value is -0.590. The van der Waals surface area contributed by atoms with Crippen molar-refractivity contribution in [1.82, 2.24) is 0 Å². The van der Waals surface area contributed by atoms with Gasteiger partial charge < -0.3 is 0 Å². The molecule has 7 heteroatoms. The molecule has 0 fully saturated rings. The average Bonchev–Trinajstić information content (AvgIpc) is 2.16. The number of hydrogen-bond acceptors (Lipinski definition) is 3. The molecule has 1 atom stereocenters. The van der Waals surface area contributed by atoms with Gasteiger partial charge in [-0.25, -0.2) is 4.21 Å². The van der Waals surface area contributed by atoms with Gasteiger partial charge in [-0.15, -0.1) is 0 Å². The van der Waals surface area contributed by atoms with Crippen LogP contribution < -0.4 is 0 Å². The molecule has 0 bridgehead atoms. The lowest BCUT2D eigenvalue weighted by Crippen LogP contribution is -2.05. The average molecular weight is 268 g/mol. The Kier molecular flexibility index (Phi) is 3.75. The summed E-state index contributed by atoms with van der Waals surface area (Å²) in [6.45, 7) is 1.60. The maximum absolute atomic E-state index is 12.1. The van der Waals surface area contributed by atoms with Crippen molar-refractivity contribution in [2.45, 2.75) is 11.8 Å². The smallest absolute Gasteiger partial charge is 0.244 e. The first-order chi connectivity index (χ1) is 6.87. The molecule has 0 aliphatic heterocycles. The first kappa shape index (κ1) is 12.5. The van der Waals surface area contributed by atoms with E-state index in [9.17, 15) is 12.6 Å². The number of halogens is 1. The summed E-state index contributed by atoms with van der Waals surface area (Å²) in [5.41, 5.74) is 0. The van der Waals surface area contributed by atoms with Crippen LogP contribution in [0, 0.1) is 0 Å². The van der Waals surface area contributed by atoms with Crippen LogP contribution in [0.25, 0.3) is 0 Å². The van der Waals surface area contributed by atoms with Crippen LogP contribution in [0.3, 0.4) is 0 Å². The maximum Gasteiger partial charge on any atom is 0.347 e. The van der Waals surface area contributed by atoms with E-state index in [1.807, 2.05) is 0 Å². The third-order valence-corrected chi connectivity index (χ3v) is 5.69. The lowest BCUT2D eigenvalue weighted by atomic mass is 10.4. The first-order valence-corrected chi connectivity index (χ1v) is 8.08. The third kappa shape index (κ3) is 3.48. The Morgan fingerprint density at radius 3 is 2.13 bits per heavy atom. The minimum Gasteiger partial charge on any atom is -0.244 e. The molecule has 0 radical (unpaired) electrons. The van der Waals surface area contributed by atoms with E-state index in [-0.39, 0.29) is 5.75 Å². The highest BCUT2D eigenvalue weighted by molar-refractivity contribution is 8.17. The van der Waals surface area contributed by atoms with E-state index < -0.39 is 19.0 Å². The molecule has 1 aromatic carbocycles. The standard InChI is InChI=1S/C8H10ClNO3S2/c1-2-14(11,10-15(9,12)13)8-6-4-3-5-7-8/h3-7H,2H2,1H3. The maximum atomic E-state index is 12.1. The lowest BCUT2D eigenvalue weighted by Gasteiger charge is -2.05. The van der Waals surface area contributed by atoms with Crippen LogP contribution in [0.5, 0.6) is 0 Å². The summed E-state index contributed by atoms with van der Waals surface area (Å²) in [6, 6.07) is 8.21. The molecule has 4 nitrogen and oxygen atoms in total. The molecule has 0 saturated carbocycles. The molecule has 1 unspecified atom stereocenters. The second kappa shape index (κ2) is 4.51. The van der Waals surface area contributed by atoms with Gasteiger partial charge in [0.05, 0.1) is 9.73 Å². The van der Waals surface area contributed by atoms with Crippen LogP contribution in [0.2, 0.25) is 0 Å². The summed E-state index contributed by atoms with van der Waals surface area (Å²) in [6.07, 6.45) is 0. The van der Waals surface area contributed by atoms with Crippen LogP contribution in [0.4, 0.5) is 0 Å². The van der Waals surface area contributed by atoms with Crippen LogP contribution in [-0.2, 0) is 19.0 Å². The molecule has 1 rings (SSSR count). The van der Waals surface area contributed by atoms with Crippen molar-refractivity contribution in [2.24, 2.45) is 3.77 Å². The van der Waals surface area contributed by atoms with Gasteiger partial charge in [-0.3, -0.25) is 0 Å². The molecule has 0 aromatic heterocycles. The van der Waals surface area contributed by atoms with Gasteiger partial charge in [0.25, 0.3) is 0 Å². The van der Waals surface area contributed by atoms with Crippen molar-refractivity contribution in [2.75, 3.05) is 5.75 Å². The van der Waals surface area contributed by atoms with Crippen molar-refractivity contribution in [3.05, 3.63) is 30.3 Å². The van der Waals surface area contributed by atoms with Crippen molar-refractivity contribution in [3.63, 3.8) is 0 Å². The quantitative estimate of drug-likeness (QED) is 0.787. The van der Waals surface area contributed by atoms with E-state index in [2.05, 4.69) is 3.77 Å². The van der Waals surface area contributed by atoms with Crippen LogP contribution >= 0.6 is 10.7 Å². The molecule has 0 amide bonds. The zero-order chi connectivity index (χ0) is 11.5. The summed E-state index contributed by atoms with van der Waals surface area (Å²) < 4.78 is 36.9. The molecule has 0 N–H and O–H groups in total. The number of nitrogens with zero attached hydrogens (tertiary/aromatic N) is 1. The fraction of sp³-hybridized carbons (Fsp3) is 0.250. The van der Waals surface area contributed by atoms with E-state index in [1.54, 1.807) is 37.3 Å². The van der Waals surface area contributed by atoms with Crippen molar-refractivity contribution >= 4 is 29.6 Å². The molecule has 1 aromatic rings. The summed E-state index contributed by atoms with van der Waals surface area (Å²) in [5.74, 6) is 0.100. The Morgan fingerprint density at radius 2 is 1.73 bits per heavy atom. The number of rotatable bonds is 3. The van der Waals surface area contributed by atoms with E-state index in [1.165, 1.54) is 0 Å². The molecule has 15 heavy (non-hydrogen) atoms. The number of benzene rings is 1. The molecule has 0 saturated heterocycles. The van der Waals surface area contributed by atoms with Gasteiger partial charge in [0, 0.05) is 21.3 Å². The zero-order valence-electron chi connectivity index (χ0n) is 7.96. The van der Waals surface area contributed by atoms with Crippen LogP contribution in [0.15, 0.2) is 39.0 Å². The van der Waals surface area contributed by atoms with Crippen LogP contribution in [0.1, 0.15) is 6.92 Å². The SMILES string of the molecule is CCS(=O)(=NS(=O)(=O)Cl)c1ccccc1. The van der Waals surface area contributed by atoms with Gasteiger partial charge in [0.1, 0.15) is 0 Å². The Balaban J connectivity index is 3.44. The molecule has 0 heterocycles. The van der Waals surface area contributed by atoms with Gasteiger partial charge in [-0.05, 0) is 12.1 Å². The van der Waals surface area contributed by atoms with E-state index in [0.717, 1.165) is 0 Å². The fourth-order valence-electron chi connectivity index (χ4n) is 1.04. The second-order valence-corrected chi connectivity index (χ2v) is 7.65. The van der Waals surface area contributed by atoms with Crippen molar-refractivity contribution < 1.29 is 12.6 Å². The first-order valence-electron chi connectivity index (χ1n) is 4.13. The van der Waals surface area contributed by atoms with E-state index in [0.29, 0.717) is 4.90 Å². The predicted octanol–water partition coefficient (Wildman–Crippen LogP) is 2.02. The van der Waals surface area contributed by atoms with E-state index >= 15 is 0 Å². The number of hydrogen-bond donors (Lipinski definition) is 0. The minimum atomic E-state index is -4.12. The van der Waals surface area contributed by atoms with Gasteiger partial charge in [0.2, 0.25) is 0 Å². The predicted molar refractivity (Wildman–Crippen MR) is 60.6 cm³/mol. The van der Waals surface area contributed by atoms with Gasteiger partial charge in [-0.2, -0.15) is 8.42 Å². The Morgan fingerprint density at radius 1 is 1.20 bits per heavy atom. The van der Waals surface area contributed by atoms with Gasteiger partial charge in [-0.1, -0.05) is 28.9 Å². The lowest BCUT2D eigenvalue weighted by molar-refractivity contribution is 0.611. The second-order valence-electron chi connectivity index (χ2n) is 2.73. The monoisotopic (exact) mass is 267 g/mol. The Labute approximate surface area is 94.0 Å². The molecular weight excluding hydrogens is 258 g/mol. The third-order valence-electron chi connectivity index (χ3n) is 1.71. The molecule has 0 aliphatic carbocycles. The summed E-state index contributed by atoms with van der Waals surface area (Å²) >= 11 is 0. The highest BCUT2D eigenvalue weighted by Crippen LogP contribution is 2.16. The summed E-state index contributed by atoms with van der Waals surface area (Å²) in [4.78, 5) is 0.372. The molecule has 84 valence electrons. The fourth-order valence-corrected chi connectivity index (χ4v) is 4.69. The summed E-state index contributed by atoms with van der Waals surface area (Å²) in [5, 5.41) is 0. The molecular formula is C8H10ClNO3S2. The van der Waals surface area contributed by atoms with Crippen molar-refractivity contribution in [3.8, 4) is 0 Å². The van der Waals surface area contributed by atoms with Gasteiger partial charge in [0.15, 0.2) is 0 Å². The topological polar surface area (TPSA) is 63.6 Å². The highest BCUT2D eigenvalue weighted by atomic mass is 35.7.